The highest BCUT2D eigenvalue weighted by Crippen LogP contribution is 2.19. The third-order valence-electron chi connectivity index (χ3n) is 2.93. The van der Waals surface area contributed by atoms with Gasteiger partial charge in [-0.1, -0.05) is 18.2 Å². The van der Waals surface area contributed by atoms with Crippen molar-refractivity contribution in [3.63, 3.8) is 0 Å². The molecule has 0 saturated heterocycles. The minimum Gasteiger partial charge on any atom is -0.294 e. The van der Waals surface area contributed by atoms with E-state index in [9.17, 15) is 9.18 Å². The molecule has 0 spiro atoms. The molecule has 0 aromatic heterocycles. The Morgan fingerprint density at radius 2 is 1.94 bits per heavy atom. The summed E-state index contributed by atoms with van der Waals surface area (Å²) >= 11 is 0. The van der Waals surface area contributed by atoms with Crippen molar-refractivity contribution in [3.8, 4) is 0 Å². The summed E-state index contributed by atoms with van der Waals surface area (Å²) in [6.45, 7) is 0. The zero-order valence-corrected chi connectivity index (χ0v) is 9.21. The predicted octanol–water partition coefficient (Wildman–Crippen LogP) is 3.44. The third-order valence-corrected chi connectivity index (χ3v) is 2.93. The SMILES string of the molecule is O=C(Cc1ccc(F)cc1)C1=CCCCC1. The second kappa shape index (κ2) is 5.06. The molecule has 1 nitrogen and oxygen atoms in total. The summed E-state index contributed by atoms with van der Waals surface area (Å²) in [5.41, 5.74) is 1.84. The van der Waals surface area contributed by atoms with Crippen molar-refractivity contribution in [1.29, 1.82) is 0 Å². The van der Waals surface area contributed by atoms with Crippen molar-refractivity contribution in [2.45, 2.75) is 32.1 Å². The summed E-state index contributed by atoms with van der Waals surface area (Å²) in [7, 11) is 0. The minimum atomic E-state index is -0.256. The van der Waals surface area contributed by atoms with Crippen LogP contribution in [-0.4, -0.2) is 5.78 Å². The minimum absolute atomic E-state index is 0.186. The number of Topliss-reactive ketones (excluding diaryl/α,β-unsaturated/α-hetero) is 1. The maximum atomic E-state index is 12.7. The fourth-order valence-electron chi connectivity index (χ4n) is 1.99. The van der Waals surface area contributed by atoms with Crippen LogP contribution in [0.4, 0.5) is 4.39 Å². The zero-order chi connectivity index (χ0) is 11.4. The van der Waals surface area contributed by atoms with Crippen LogP contribution in [-0.2, 0) is 11.2 Å². The molecular weight excluding hydrogens is 203 g/mol. The van der Waals surface area contributed by atoms with Crippen LogP contribution in [0.1, 0.15) is 31.2 Å². The Kier molecular flexibility index (Phi) is 3.50. The molecule has 0 bridgehead atoms. The van der Waals surface area contributed by atoms with Gasteiger partial charge in [-0.3, -0.25) is 4.79 Å². The molecule has 1 aromatic carbocycles. The van der Waals surface area contributed by atoms with Gasteiger partial charge in [0, 0.05) is 6.42 Å². The Morgan fingerprint density at radius 1 is 1.19 bits per heavy atom. The van der Waals surface area contributed by atoms with E-state index in [1.165, 1.54) is 18.6 Å². The molecule has 0 heterocycles. The van der Waals surface area contributed by atoms with Gasteiger partial charge < -0.3 is 0 Å². The number of rotatable bonds is 3. The Labute approximate surface area is 95.0 Å². The van der Waals surface area contributed by atoms with E-state index in [4.69, 9.17) is 0 Å². The molecule has 84 valence electrons. The van der Waals surface area contributed by atoms with Crippen LogP contribution < -0.4 is 0 Å². The van der Waals surface area contributed by atoms with Crippen LogP contribution in [0.5, 0.6) is 0 Å². The van der Waals surface area contributed by atoms with E-state index in [1.807, 2.05) is 0 Å². The number of carbonyl (C=O) groups excluding carboxylic acids is 1. The van der Waals surface area contributed by atoms with Crippen molar-refractivity contribution in [2.24, 2.45) is 0 Å². The highest BCUT2D eigenvalue weighted by atomic mass is 19.1. The summed E-state index contributed by atoms with van der Waals surface area (Å²) in [6.07, 6.45) is 6.67. The molecule has 0 saturated carbocycles. The molecule has 0 amide bonds. The van der Waals surface area contributed by atoms with Gasteiger partial charge in [0.1, 0.15) is 5.82 Å². The van der Waals surface area contributed by atoms with Gasteiger partial charge in [0.25, 0.3) is 0 Å². The molecule has 2 heteroatoms. The van der Waals surface area contributed by atoms with Crippen molar-refractivity contribution < 1.29 is 9.18 Å². The van der Waals surface area contributed by atoms with Gasteiger partial charge in [0.2, 0.25) is 0 Å². The highest BCUT2D eigenvalue weighted by molar-refractivity contribution is 5.96. The number of allylic oxidation sites excluding steroid dienone is 2. The standard InChI is InChI=1S/C14H15FO/c15-13-8-6-11(7-9-13)10-14(16)12-4-2-1-3-5-12/h4,6-9H,1-3,5,10H2. The van der Waals surface area contributed by atoms with Crippen molar-refractivity contribution in [1.82, 2.24) is 0 Å². The summed E-state index contributed by atoms with van der Waals surface area (Å²) in [5.74, 6) is -0.0700. The lowest BCUT2D eigenvalue weighted by Gasteiger charge is -2.11. The first-order valence-corrected chi connectivity index (χ1v) is 5.72. The molecule has 0 N–H and O–H groups in total. The van der Waals surface area contributed by atoms with Gasteiger partial charge in [-0.05, 0) is 49.0 Å². The topological polar surface area (TPSA) is 17.1 Å². The number of benzene rings is 1. The molecule has 0 atom stereocenters. The second-order valence-electron chi connectivity index (χ2n) is 4.20. The number of halogens is 1. The Bertz CT molecular complexity index is 403. The molecule has 0 aliphatic heterocycles. The summed E-state index contributed by atoms with van der Waals surface area (Å²) in [5, 5.41) is 0. The van der Waals surface area contributed by atoms with Gasteiger partial charge >= 0.3 is 0 Å². The predicted molar refractivity (Wildman–Crippen MR) is 61.7 cm³/mol. The van der Waals surface area contributed by atoms with Crippen molar-refractivity contribution >= 4 is 5.78 Å². The number of hydrogen-bond acceptors (Lipinski definition) is 1. The molecule has 2 rings (SSSR count). The molecule has 0 radical (unpaired) electrons. The van der Waals surface area contributed by atoms with Gasteiger partial charge in [-0.15, -0.1) is 0 Å². The molecule has 0 fully saturated rings. The fraction of sp³-hybridized carbons (Fsp3) is 0.357. The van der Waals surface area contributed by atoms with Crippen LogP contribution in [0, 0.1) is 5.82 Å². The Morgan fingerprint density at radius 3 is 2.56 bits per heavy atom. The van der Waals surface area contributed by atoms with E-state index in [0.29, 0.717) is 6.42 Å². The molecule has 0 unspecified atom stereocenters. The number of ketones is 1. The van der Waals surface area contributed by atoms with Gasteiger partial charge in [-0.25, -0.2) is 4.39 Å². The smallest absolute Gasteiger partial charge is 0.162 e. The van der Waals surface area contributed by atoms with E-state index in [0.717, 1.165) is 30.4 Å². The van der Waals surface area contributed by atoms with Gasteiger partial charge in [0.05, 0.1) is 0 Å². The normalized spacial score (nSPS) is 15.7. The van der Waals surface area contributed by atoms with Gasteiger partial charge in [-0.2, -0.15) is 0 Å². The lowest BCUT2D eigenvalue weighted by Crippen LogP contribution is -2.08. The molecule has 16 heavy (non-hydrogen) atoms. The maximum absolute atomic E-state index is 12.7. The quantitative estimate of drug-likeness (QED) is 0.759. The van der Waals surface area contributed by atoms with E-state index >= 15 is 0 Å². The Balaban J connectivity index is 2.01. The van der Waals surface area contributed by atoms with E-state index < -0.39 is 0 Å². The maximum Gasteiger partial charge on any atom is 0.162 e. The van der Waals surface area contributed by atoms with Crippen molar-refractivity contribution in [3.05, 3.63) is 47.3 Å². The summed E-state index contributed by atoms with van der Waals surface area (Å²) in [6, 6.07) is 6.16. The van der Waals surface area contributed by atoms with E-state index in [2.05, 4.69) is 6.08 Å². The van der Waals surface area contributed by atoms with E-state index in [-0.39, 0.29) is 11.6 Å². The van der Waals surface area contributed by atoms with Crippen LogP contribution in [0.15, 0.2) is 35.9 Å². The molecule has 1 aromatic rings. The Hall–Kier alpha value is -1.44. The summed E-state index contributed by atoms with van der Waals surface area (Å²) in [4.78, 5) is 11.9. The lowest BCUT2D eigenvalue weighted by atomic mass is 9.93. The first-order valence-electron chi connectivity index (χ1n) is 5.72. The fourth-order valence-corrected chi connectivity index (χ4v) is 1.99. The van der Waals surface area contributed by atoms with Crippen molar-refractivity contribution in [2.75, 3.05) is 0 Å². The van der Waals surface area contributed by atoms with Gasteiger partial charge in [0.15, 0.2) is 5.78 Å². The molecule has 1 aliphatic carbocycles. The first kappa shape index (κ1) is 11.1. The summed E-state index contributed by atoms with van der Waals surface area (Å²) < 4.78 is 12.7. The number of carbonyl (C=O) groups is 1. The monoisotopic (exact) mass is 218 g/mol. The zero-order valence-electron chi connectivity index (χ0n) is 9.21. The van der Waals surface area contributed by atoms with Crippen LogP contribution in [0.3, 0.4) is 0 Å². The number of hydrogen-bond donors (Lipinski definition) is 0. The first-order chi connectivity index (χ1) is 7.75. The molecular formula is C14H15FO. The third kappa shape index (κ3) is 2.78. The van der Waals surface area contributed by atoms with Crippen LogP contribution in [0.25, 0.3) is 0 Å². The van der Waals surface area contributed by atoms with Crippen LogP contribution >= 0.6 is 0 Å². The average molecular weight is 218 g/mol. The molecule has 1 aliphatic rings. The lowest BCUT2D eigenvalue weighted by molar-refractivity contribution is -0.115. The highest BCUT2D eigenvalue weighted by Gasteiger charge is 2.12. The van der Waals surface area contributed by atoms with Crippen LogP contribution in [0.2, 0.25) is 0 Å². The largest absolute Gasteiger partial charge is 0.294 e. The second-order valence-corrected chi connectivity index (χ2v) is 4.20. The van der Waals surface area contributed by atoms with E-state index in [1.54, 1.807) is 12.1 Å². The average Bonchev–Trinajstić information content (AvgIpc) is 2.33.